The van der Waals surface area contributed by atoms with Crippen molar-refractivity contribution in [3.8, 4) is 0 Å². The van der Waals surface area contributed by atoms with E-state index in [0.29, 0.717) is 6.42 Å². The highest BCUT2D eigenvalue weighted by atomic mass is 16.3. The van der Waals surface area contributed by atoms with Crippen molar-refractivity contribution < 1.29 is 9.90 Å². The van der Waals surface area contributed by atoms with Crippen LogP contribution in [0.15, 0.2) is 12.7 Å². The second-order valence-electron chi connectivity index (χ2n) is 2.70. The number of aliphatic hydroxyl groups is 1. The van der Waals surface area contributed by atoms with Gasteiger partial charge in [0, 0.05) is 0 Å². The number of nitrogens with one attached hydrogen (secondary N) is 1. The van der Waals surface area contributed by atoms with Crippen LogP contribution in [-0.2, 0) is 4.79 Å². The summed E-state index contributed by atoms with van der Waals surface area (Å²) in [5.41, 5.74) is 0. The van der Waals surface area contributed by atoms with Gasteiger partial charge in [-0.1, -0.05) is 20.4 Å². The zero-order valence-corrected chi connectivity index (χ0v) is 7.71. The van der Waals surface area contributed by atoms with E-state index < -0.39 is 6.10 Å². The predicted octanol–water partition coefficient (Wildman–Crippen LogP) is 0.838. The van der Waals surface area contributed by atoms with E-state index in [1.807, 2.05) is 13.8 Å². The van der Waals surface area contributed by atoms with E-state index in [0.717, 1.165) is 6.42 Å². The quantitative estimate of drug-likeness (QED) is 0.602. The Balaban J connectivity index is 3.98. The summed E-state index contributed by atoms with van der Waals surface area (Å²) in [6, 6.07) is -0.152. The van der Waals surface area contributed by atoms with E-state index in [1.54, 1.807) is 0 Å². The summed E-state index contributed by atoms with van der Waals surface area (Å²) in [6.07, 6.45) is 2.13. The maximum absolute atomic E-state index is 10.9. The van der Waals surface area contributed by atoms with Crippen LogP contribution < -0.4 is 5.32 Å². The highest BCUT2D eigenvalue weighted by Gasteiger charge is 2.15. The van der Waals surface area contributed by atoms with Crippen molar-refractivity contribution in [1.82, 2.24) is 5.32 Å². The standard InChI is InChI=1S/C9H17NO2/c1-4-7(8(11)5-2)10-9(12)6-3/h6-8,11H,3-5H2,1-2H3,(H,10,12). The molecule has 0 fully saturated rings. The number of rotatable bonds is 5. The van der Waals surface area contributed by atoms with Crippen LogP contribution in [-0.4, -0.2) is 23.2 Å². The third kappa shape index (κ3) is 3.53. The van der Waals surface area contributed by atoms with Crippen LogP contribution in [0, 0.1) is 0 Å². The van der Waals surface area contributed by atoms with E-state index in [4.69, 9.17) is 0 Å². The minimum Gasteiger partial charge on any atom is -0.391 e. The lowest BCUT2D eigenvalue weighted by molar-refractivity contribution is -0.118. The Hall–Kier alpha value is -0.830. The molecule has 0 saturated heterocycles. The molecule has 0 aliphatic heterocycles. The molecule has 0 aromatic heterocycles. The Morgan fingerprint density at radius 1 is 1.58 bits per heavy atom. The van der Waals surface area contributed by atoms with Gasteiger partial charge < -0.3 is 10.4 Å². The van der Waals surface area contributed by atoms with Gasteiger partial charge in [0.15, 0.2) is 0 Å². The molecule has 70 valence electrons. The van der Waals surface area contributed by atoms with Crippen molar-refractivity contribution in [2.75, 3.05) is 0 Å². The number of amides is 1. The average Bonchev–Trinajstić information content (AvgIpc) is 2.12. The maximum atomic E-state index is 10.9. The first-order valence-corrected chi connectivity index (χ1v) is 4.26. The topological polar surface area (TPSA) is 49.3 Å². The van der Waals surface area contributed by atoms with Crippen LogP contribution in [0.2, 0.25) is 0 Å². The smallest absolute Gasteiger partial charge is 0.243 e. The van der Waals surface area contributed by atoms with E-state index >= 15 is 0 Å². The van der Waals surface area contributed by atoms with Gasteiger partial charge in [0.1, 0.15) is 0 Å². The first-order valence-electron chi connectivity index (χ1n) is 4.26. The van der Waals surface area contributed by atoms with Gasteiger partial charge in [-0.15, -0.1) is 0 Å². The zero-order valence-electron chi connectivity index (χ0n) is 7.71. The highest BCUT2D eigenvalue weighted by Crippen LogP contribution is 2.02. The number of aliphatic hydroxyl groups excluding tert-OH is 1. The summed E-state index contributed by atoms with van der Waals surface area (Å²) in [6.45, 7) is 7.15. The van der Waals surface area contributed by atoms with Crippen molar-refractivity contribution in [3.05, 3.63) is 12.7 Å². The maximum Gasteiger partial charge on any atom is 0.243 e. The van der Waals surface area contributed by atoms with Gasteiger partial charge in [0.2, 0.25) is 5.91 Å². The van der Waals surface area contributed by atoms with Gasteiger partial charge in [0.05, 0.1) is 12.1 Å². The Morgan fingerprint density at radius 2 is 2.17 bits per heavy atom. The summed E-state index contributed by atoms with van der Waals surface area (Å²) >= 11 is 0. The van der Waals surface area contributed by atoms with Crippen molar-refractivity contribution in [3.63, 3.8) is 0 Å². The normalized spacial score (nSPS) is 14.9. The minimum absolute atomic E-state index is 0.152. The molecular weight excluding hydrogens is 154 g/mol. The van der Waals surface area contributed by atoms with E-state index in [1.165, 1.54) is 6.08 Å². The van der Waals surface area contributed by atoms with Gasteiger partial charge in [-0.3, -0.25) is 4.79 Å². The van der Waals surface area contributed by atoms with Crippen LogP contribution in [0.5, 0.6) is 0 Å². The zero-order chi connectivity index (χ0) is 9.56. The molecule has 0 saturated carbocycles. The van der Waals surface area contributed by atoms with Crippen LogP contribution in [0.25, 0.3) is 0 Å². The third-order valence-corrected chi connectivity index (χ3v) is 1.84. The van der Waals surface area contributed by atoms with Crippen LogP contribution in [0.3, 0.4) is 0 Å². The third-order valence-electron chi connectivity index (χ3n) is 1.84. The summed E-state index contributed by atoms with van der Waals surface area (Å²) < 4.78 is 0. The fourth-order valence-electron chi connectivity index (χ4n) is 0.997. The molecule has 0 bridgehead atoms. The Labute approximate surface area is 73.5 Å². The lowest BCUT2D eigenvalue weighted by Crippen LogP contribution is -2.41. The SMILES string of the molecule is C=CC(=O)NC(CC)C(O)CC. The summed E-state index contributed by atoms with van der Waals surface area (Å²) in [4.78, 5) is 10.9. The summed E-state index contributed by atoms with van der Waals surface area (Å²) in [5.74, 6) is -0.227. The molecule has 2 unspecified atom stereocenters. The molecule has 12 heavy (non-hydrogen) atoms. The fourth-order valence-corrected chi connectivity index (χ4v) is 0.997. The molecule has 1 amide bonds. The number of carbonyl (C=O) groups excluding carboxylic acids is 1. The van der Waals surface area contributed by atoms with Gasteiger partial charge in [0.25, 0.3) is 0 Å². The average molecular weight is 171 g/mol. The molecule has 0 rings (SSSR count). The molecule has 0 aromatic carbocycles. The van der Waals surface area contributed by atoms with Crippen molar-refractivity contribution in [1.29, 1.82) is 0 Å². The lowest BCUT2D eigenvalue weighted by Gasteiger charge is -2.20. The van der Waals surface area contributed by atoms with Crippen LogP contribution in [0.1, 0.15) is 26.7 Å². The summed E-state index contributed by atoms with van der Waals surface area (Å²) in [7, 11) is 0. The van der Waals surface area contributed by atoms with Crippen molar-refractivity contribution in [2.24, 2.45) is 0 Å². The molecule has 2 N–H and O–H groups in total. The van der Waals surface area contributed by atoms with Crippen molar-refractivity contribution in [2.45, 2.75) is 38.8 Å². The fraction of sp³-hybridized carbons (Fsp3) is 0.667. The Morgan fingerprint density at radius 3 is 2.50 bits per heavy atom. The first kappa shape index (κ1) is 11.2. The molecule has 3 nitrogen and oxygen atoms in total. The predicted molar refractivity (Wildman–Crippen MR) is 48.7 cm³/mol. The first-order chi connectivity index (χ1) is 5.65. The van der Waals surface area contributed by atoms with Gasteiger partial charge in [-0.05, 0) is 18.9 Å². The second kappa shape index (κ2) is 5.77. The largest absolute Gasteiger partial charge is 0.391 e. The van der Waals surface area contributed by atoms with Crippen LogP contribution >= 0.6 is 0 Å². The Kier molecular flexibility index (Phi) is 5.37. The molecule has 0 aliphatic carbocycles. The molecule has 0 aliphatic rings. The molecule has 0 radical (unpaired) electrons. The molecular formula is C9H17NO2. The highest BCUT2D eigenvalue weighted by molar-refractivity contribution is 5.87. The second-order valence-corrected chi connectivity index (χ2v) is 2.70. The molecule has 0 aromatic rings. The van der Waals surface area contributed by atoms with E-state index in [-0.39, 0.29) is 11.9 Å². The number of hydrogen-bond donors (Lipinski definition) is 2. The Bertz CT molecular complexity index is 157. The van der Waals surface area contributed by atoms with Gasteiger partial charge >= 0.3 is 0 Å². The number of hydrogen-bond acceptors (Lipinski definition) is 2. The van der Waals surface area contributed by atoms with Crippen LogP contribution in [0.4, 0.5) is 0 Å². The van der Waals surface area contributed by atoms with Gasteiger partial charge in [-0.2, -0.15) is 0 Å². The number of carbonyl (C=O) groups is 1. The monoisotopic (exact) mass is 171 g/mol. The minimum atomic E-state index is -0.459. The molecule has 3 heteroatoms. The van der Waals surface area contributed by atoms with E-state index in [9.17, 15) is 9.90 Å². The van der Waals surface area contributed by atoms with E-state index in [2.05, 4.69) is 11.9 Å². The molecule has 0 spiro atoms. The molecule has 2 atom stereocenters. The molecule has 0 heterocycles. The summed E-state index contributed by atoms with van der Waals surface area (Å²) in [5, 5.41) is 12.1. The lowest BCUT2D eigenvalue weighted by atomic mass is 10.1. The van der Waals surface area contributed by atoms with Crippen molar-refractivity contribution >= 4 is 5.91 Å². The van der Waals surface area contributed by atoms with Gasteiger partial charge in [-0.25, -0.2) is 0 Å².